The molecule has 0 spiro atoms. The molecule has 0 saturated heterocycles. The average molecular weight is 293 g/mol. The lowest BCUT2D eigenvalue weighted by Crippen LogP contribution is -2.40. The molecular formula is C16H23NO4. The number of rotatable bonds is 8. The van der Waals surface area contributed by atoms with Gasteiger partial charge in [-0.3, -0.25) is 9.59 Å². The van der Waals surface area contributed by atoms with Crippen LogP contribution in [0.3, 0.4) is 0 Å². The van der Waals surface area contributed by atoms with Crippen LogP contribution in [0.5, 0.6) is 5.75 Å². The van der Waals surface area contributed by atoms with Crippen molar-refractivity contribution in [2.45, 2.75) is 39.7 Å². The topological polar surface area (TPSA) is 75.6 Å². The summed E-state index contributed by atoms with van der Waals surface area (Å²) in [6.45, 7) is 5.96. The van der Waals surface area contributed by atoms with E-state index in [1.165, 1.54) is 0 Å². The summed E-state index contributed by atoms with van der Waals surface area (Å²) >= 11 is 0. The molecule has 0 saturated carbocycles. The highest BCUT2D eigenvalue weighted by Gasteiger charge is 2.19. The average Bonchev–Trinajstić information content (AvgIpc) is 2.41. The Kier molecular flexibility index (Phi) is 6.72. The molecule has 1 aromatic carbocycles. The van der Waals surface area contributed by atoms with Crippen LogP contribution in [0.25, 0.3) is 0 Å². The predicted octanol–water partition coefficient (Wildman–Crippen LogP) is 2.38. The molecule has 0 radical (unpaired) electrons. The van der Waals surface area contributed by atoms with Gasteiger partial charge in [-0.1, -0.05) is 26.0 Å². The summed E-state index contributed by atoms with van der Waals surface area (Å²) in [5, 5.41) is 11.4. The number of carboxylic acids is 1. The molecule has 0 bridgehead atoms. The first kappa shape index (κ1) is 17.0. The zero-order valence-corrected chi connectivity index (χ0v) is 12.8. The Bertz CT molecular complexity index is 487. The molecule has 5 nitrogen and oxygen atoms in total. The van der Waals surface area contributed by atoms with Gasteiger partial charge in [0.1, 0.15) is 5.75 Å². The highest BCUT2D eigenvalue weighted by molar-refractivity contribution is 5.81. The van der Waals surface area contributed by atoms with E-state index in [-0.39, 0.29) is 18.2 Å². The standard InChI is InChI=1S/C16H23NO4/c1-4-14(21-13-7-5-6-11(2)8-13)16(20)17-10-12(3)9-15(18)19/h5-8,12,14H,4,9-10H2,1-3H3,(H,17,20)(H,18,19). The Morgan fingerprint density at radius 3 is 2.67 bits per heavy atom. The quantitative estimate of drug-likeness (QED) is 0.771. The van der Waals surface area contributed by atoms with Crippen LogP contribution < -0.4 is 10.1 Å². The van der Waals surface area contributed by atoms with Gasteiger partial charge in [0.2, 0.25) is 0 Å². The molecule has 1 rings (SSSR count). The van der Waals surface area contributed by atoms with Gasteiger partial charge < -0.3 is 15.2 Å². The summed E-state index contributed by atoms with van der Waals surface area (Å²) in [6.07, 6.45) is 0.0203. The van der Waals surface area contributed by atoms with Gasteiger partial charge in [-0.25, -0.2) is 0 Å². The Morgan fingerprint density at radius 2 is 2.10 bits per heavy atom. The number of amides is 1. The number of ether oxygens (including phenoxy) is 1. The number of benzene rings is 1. The fourth-order valence-electron chi connectivity index (χ4n) is 1.93. The third-order valence-electron chi connectivity index (χ3n) is 3.08. The third kappa shape index (κ3) is 6.29. The van der Waals surface area contributed by atoms with Crippen molar-refractivity contribution in [3.05, 3.63) is 29.8 Å². The molecule has 21 heavy (non-hydrogen) atoms. The number of aryl methyl sites for hydroxylation is 1. The highest BCUT2D eigenvalue weighted by Crippen LogP contribution is 2.15. The first-order valence-electron chi connectivity index (χ1n) is 7.15. The van der Waals surface area contributed by atoms with Crippen LogP contribution in [0.4, 0.5) is 0 Å². The molecule has 0 aromatic heterocycles. The molecule has 2 N–H and O–H groups in total. The number of carbonyl (C=O) groups is 2. The first-order valence-corrected chi connectivity index (χ1v) is 7.15. The SMILES string of the molecule is CCC(Oc1cccc(C)c1)C(=O)NCC(C)CC(=O)O. The van der Waals surface area contributed by atoms with Crippen molar-refractivity contribution in [3.63, 3.8) is 0 Å². The van der Waals surface area contributed by atoms with E-state index in [1.807, 2.05) is 38.1 Å². The van der Waals surface area contributed by atoms with Crippen molar-refractivity contribution < 1.29 is 19.4 Å². The first-order chi connectivity index (χ1) is 9.92. The molecule has 1 amide bonds. The van der Waals surface area contributed by atoms with E-state index in [2.05, 4.69) is 5.32 Å². The minimum Gasteiger partial charge on any atom is -0.481 e. The Labute approximate surface area is 125 Å². The van der Waals surface area contributed by atoms with Crippen molar-refractivity contribution in [2.24, 2.45) is 5.92 Å². The van der Waals surface area contributed by atoms with Crippen molar-refractivity contribution in [2.75, 3.05) is 6.54 Å². The summed E-state index contributed by atoms with van der Waals surface area (Å²) in [7, 11) is 0. The maximum Gasteiger partial charge on any atom is 0.303 e. The molecule has 0 aliphatic rings. The van der Waals surface area contributed by atoms with E-state index < -0.39 is 12.1 Å². The van der Waals surface area contributed by atoms with Crippen LogP contribution in [-0.4, -0.2) is 29.6 Å². The fourth-order valence-corrected chi connectivity index (χ4v) is 1.93. The van der Waals surface area contributed by atoms with Crippen molar-refractivity contribution in [1.29, 1.82) is 0 Å². The summed E-state index contributed by atoms with van der Waals surface area (Å²) in [5.41, 5.74) is 1.07. The van der Waals surface area contributed by atoms with Gasteiger partial charge in [0.05, 0.1) is 0 Å². The summed E-state index contributed by atoms with van der Waals surface area (Å²) in [4.78, 5) is 22.7. The lowest BCUT2D eigenvalue weighted by atomic mass is 10.1. The van der Waals surface area contributed by atoms with Gasteiger partial charge in [0.25, 0.3) is 5.91 Å². The van der Waals surface area contributed by atoms with E-state index in [0.29, 0.717) is 18.7 Å². The Morgan fingerprint density at radius 1 is 1.38 bits per heavy atom. The molecule has 1 aromatic rings. The summed E-state index contributed by atoms with van der Waals surface area (Å²) in [6, 6.07) is 7.53. The van der Waals surface area contributed by atoms with Crippen LogP contribution in [0, 0.1) is 12.8 Å². The lowest BCUT2D eigenvalue weighted by Gasteiger charge is -2.18. The van der Waals surface area contributed by atoms with Crippen molar-refractivity contribution in [3.8, 4) is 5.75 Å². The molecule has 0 fully saturated rings. The normalized spacial score (nSPS) is 13.3. The zero-order chi connectivity index (χ0) is 15.8. The second-order valence-electron chi connectivity index (χ2n) is 5.28. The van der Waals surface area contributed by atoms with Crippen LogP contribution >= 0.6 is 0 Å². The van der Waals surface area contributed by atoms with E-state index in [1.54, 1.807) is 6.92 Å². The maximum atomic E-state index is 12.1. The number of nitrogens with one attached hydrogen (secondary N) is 1. The molecular weight excluding hydrogens is 270 g/mol. The minimum absolute atomic E-state index is 0.0375. The number of carboxylic acid groups (broad SMARTS) is 1. The zero-order valence-electron chi connectivity index (χ0n) is 12.8. The van der Waals surface area contributed by atoms with Crippen LogP contribution in [0.1, 0.15) is 32.3 Å². The monoisotopic (exact) mass is 293 g/mol. The van der Waals surface area contributed by atoms with Crippen LogP contribution in [0.15, 0.2) is 24.3 Å². The second-order valence-corrected chi connectivity index (χ2v) is 5.28. The van der Waals surface area contributed by atoms with E-state index in [4.69, 9.17) is 9.84 Å². The molecule has 0 aliphatic heterocycles. The summed E-state index contributed by atoms with van der Waals surface area (Å²) in [5.74, 6) is -0.519. The minimum atomic E-state index is -0.861. The maximum absolute atomic E-state index is 12.1. The molecule has 0 heterocycles. The Hall–Kier alpha value is -2.04. The van der Waals surface area contributed by atoms with Crippen molar-refractivity contribution in [1.82, 2.24) is 5.32 Å². The van der Waals surface area contributed by atoms with Gasteiger partial charge in [0.15, 0.2) is 6.10 Å². The third-order valence-corrected chi connectivity index (χ3v) is 3.08. The molecule has 2 unspecified atom stereocenters. The number of carbonyl (C=O) groups excluding carboxylic acids is 1. The van der Waals surface area contributed by atoms with Crippen molar-refractivity contribution >= 4 is 11.9 Å². The second kappa shape index (κ2) is 8.29. The van der Waals surface area contributed by atoms with Crippen LogP contribution in [0.2, 0.25) is 0 Å². The lowest BCUT2D eigenvalue weighted by molar-refractivity contribution is -0.138. The van der Waals surface area contributed by atoms with Gasteiger partial charge in [0, 0.05) is 13.0 Å². The predicted molar refractivity (Wildman–Crippen MR) is 80.3 cm³/mol. The molecule has 2 atom stereocenters. The van der Waals surface area contributed by atoms with Gasteiger partial charge in [-0.15, -0.1) is 0 Å². The van der Waals surface area contributed by atoms with E-state index >= 15 is 0 Å². The number of hydrogen-bond acceptors (Lipinski definition) is 3. The Balaban J connectivity index is 2.51. The van der Waals surface area contributed by atoms with E-state index in [0.717, 1.165) is 5.56 Å². The van der Waals surface area contributed by atoms with Gasteiger partial charge in [-0.2, -0.15) is 0 Å². The number of aliphatic carboxylic acids is 1. The molecule has 5 heteroatoms. The van der Waals surface area contributed by atoms with E-state index in [9.17, 15) is 9.59 Å². The van der Waals surface area contributed by atoms with Gasteiger partial charge >= 0.3 is 5.97 Å². The largest absolute Gasteiger partial charge is 0.481 e. The van der Waals surface area contributed by atoms with Gasteiger partial charge in [-0.05, 0) is 37.0 Å². The molecule has 0 aliphatic carbocycles. The highest BCUT2D eigenvalue weighted by atomic mass is 16.5. The fraction of sp³-hybridized carbons (Fsp3) is 0.500. The number of hydrogen-bond donors (Lipinski definition) is 2. The van der Waals surface area contributed by atoms with Crippen LogP contribution in [-0.2, 0) is 9.59 Å². The molecule has 116 valence electrons. The smallest absolute Gasteiger partial charge is 0.303 e. The summed E-state index contributed by atoms with van der Waals surface area (Å²) < 4.78 is 5.69.